The van der Waals surface area contributed by atoms with Crippen LogP contribution in [0, 0.1) is 18.3 Å². The van der Waals surface area contributed by atoms with Crippen LogP contribution in [0.15, 0.2) is 0 Å². The van der Waals surface area contributed by atoms with Crippen molar-refractivity contribution in [2.24, 2.45) is 5.92 Å². The SMILES string of the molecule is C#CCNCCOC(C)C(C)C. The lowest BCUT2D eigenvalue weighted by molar-refractivity contribution is 0.0378. The van der Waals surface area contributed by atoms with Crippen molar-refractivity contribution in [3.05, 3.63) is 0 Å². The molecule has 1 atom stereocenters. The van der Waals surface area contributed by atoms with E-state index >= 15 is 0 Å². The molecule has 0 aromatic heterocycles. The zero-order valence-electron chi connectivity index (χ0n) is 8.26. The molecule has 0 saturated carbocycles. The van der Waals surface area contributed by atoms with E-state index in [0.29, 0.717) is 18.6 Å². The number of rotatable bonds is 6. The van der Waals surface area contributed by atoms with Crippen LogP contribution in [0.25, 0.3) is 0 Å². The van der Waals surface area contributed by atoms with Crippen LogP contribution in [-0.4, -0.2) is 25.8 Å². The minimum Gasteiger partial charge on any atom is -0.377 e. The first-order chi connectivity index (χ1) is 5.68. The summed E-state index contributed by atoms with van der Waals surface area (Å²) in [5.74, 6) is 3.09. The van der Waals surface area contributed by atoms with Crippen LogP contribution in [0.5, 0.6) is 0 Å². The molecule has 2 heteroatoms. The predicted octanol–water partition coefficient (Wildman–Crippen LogP) is 1.27. The number of hydrogen-bond acceptors (Lipinski definition) is 2. The largest absolute Gasteiger partial charge is 0.377 e. The third-order valence-electron chi connectivity index (χ3n) is 1.83. The predicted molar refractivity (Wildman–Crippen MR) is 52.0 cm³/mol. The normalized spacial score (nSPS) is 12.9. The first-order valence-corrected chi connectivity index (χ1v) is 4.44. The van der Waals surface area contributed by atoms with Gasteiger partial charge in [0, 0.05) is 6.54 Å². The molecule has 0 amide bonds. The first-order valence-electron chi connectivity index (χ1n) is 4.44. The Morgan fingerprint density at radius 1 is 1.42 bits per heavy atom. The van der Waals surface area contributed by atoms with Crippen molar-refractivity contribution < 1.29 is 4.74 Å². The van der Waals surface area contributed by atoms with Crippen molar-refractivity contribution in [2.45, 2.75) is 26.9 Å². The van der Waals surface area contributed by atoms with Crippen molar-refractivity contribution in [1.29, 1.82) is 0 Å². The molecule has 1 N–H and O–H groups in total. The van der Waals surface area contributed by atoms with E-state index in [1.807, 2.05) is 0 Å². The lowest BCUT2D eigenvalue weighted by Crippen LogP contribution is -2.24. The van der Waals surface area contributed by atoms with Gasteiger partial charge >= 0.3 is 0 Å². The number of nitrogens with one attached hydrogen (secondary N) is 1. The van der Waals surface area contributed by atoms with Crippen LogP contribution in [0.1, 0.15) is 20.8 Å². The summed E-state index contributed by atoms with van der Waals surface area (Å²) in [5.41, 5.74) is 0. The topological polar surface area (TPSA) is 21.3 Å². The molecular formula is C10H19NO. The second kappa shape index (κ2) is 7.15. The number of hydrogen-bond donors (Lipinski definition) is 1. The Balaban J connectivity index is 3.15. The molecule has 0 spiro atoms. The van der Waals surface area contributed by atoms with E-state index in [9.17, 15) is 0 Å². The highest BCUT2D eigenvalue weighted by Gasteiger charge is 2.05. The molecule has 0 aliphatic carbocycles. The van der Waals surface area contributed by atoms with Gasteiger partial charge in [0.25, 0.3) is 0 Å². The molecule has 0 fully saturated rings. The van der Waals surface area contributed by atoms with Crippen molar-refractivity contribution in [3.63, 3.8) is 0 Å². The van der Waals surface area contributed by atoms with E-state index in [4.69, 9.17) is 11.2 Å². The van der Waals surface area contributed by atoms with Crippen molar-refractivity contribution in [3.8, 4) is 12.3 Å². The van der Waals surface area contributed by atoms with Crippen molar-refractivity contribution >= 4 is 0 Å². The van der Waals surface area contributed by atoms with Gasteiger partial charge in [0.2, 0.25) is 0 Å². The van der Waals surface area contributed by atoms with E-state index < -0.39 is 0 Å². The van der Waals surface area contributed by atoms with E-state index in [-0.39, 0.29) is 0 Å². The van der Waals surface area contributed by atoms with Crippen molar-refractivity contribution in [1.82, 2.24) is 5.32 Å². The fourth-order valence-electron chi connectivity index (χ4n) is 0.670. The quantitative estimate of drug-likeness (QED) is 0.477. The average molecular weight is 169 g/mol. The third kappa shape index (κ3) is 6.21. The smallest absolute Gasteiger partial charge is 0.0595 e. The third-order valence-corrected chi connectivity index (χ3v) is 1.83. The van der Waals surface area contributed by atoms with E-state index in [1.165, 1.54) is 0 Å². The van der Waals surface area contributed by atoms with Gasteiger partial charge in [0.15, 0.2) is 0 Å². The zero-order chi connectivity index (χ0) is 9.40. The number of ether oxygens (including phenoxy) is 1. The van der Waals surface area contributed by atoms with Crippen LogP contribution in [0.2, 0.25) is 0 Å². The summed E-state index contributed by atoms with van der Waals surface area (Å²) < 4.78 is 5.52. The van der Waals surface area contributed by atoms with E-state index in [2.05, 4.69) is 32.0 Å². The van der Waals surface area contributed by atoms with Gasteiger partial charge in [-0.05, 0) is 12.8 Å². The monoisotopic (exact) mass is 169 g/mol. The Morgan fingerprint density at radius 2 is 2.08 bits per heavy atom. The standard InChI is InChI=1S/C10H19NO/c1-5-6-11-7-8-12-10(4)9(2)3/h1,9-11H,6-8H2,2-4H3. The van der Waals surface area contributed by atoms with Gasteiger partial charge < -0.3 is 10.1 Å². The van der Waals surface area contributed by atoms with Gasteiger partial charge in [-0.2, -0.15) is 0 Å². The molecule has 0 aliphatic heterocycles. The van der Waals surface area contributed by atoms with Gasteiger partial charge in [0.05, 0.1) is 19.3 Å². The zero-order valence-corrected chi connectivity index (χ0v) is 8.26. The van der Waals surface area contributed by atoms with Crippen LogP contribution in [0.4, 0.5) is 0 Å². The molecule has 0 radical (unpaired) electrons. The molecule has 0 aliphatic rings. The van der Waals surface area contributed by atoms with Gasteiger partial charge in [-0.25, -0.2) is 0 Å². The molecule has 0 rings (SSSR count). The van der Waals surface area contributed by atoms with Crippen LogP contribution >= 0.6 is 0 Å². The summed E-state index contributed by atoms with van der Waals surface area (Å²) in [5, 5.41) is 3.07. The highest BCUT2D eigenvalue weighted by molar-refractivity contribution is 4.86. The fourth-order valence-corrected chi connectivity index (χ4v) is 0.670. The highest BCUT2D eigenvalue weighted by Crippen LogP contribution is 2.03. The Morgan fingerprint density at radius 3 is 2.58 bits per heavy atom. The van der Waals surface area contributed by atoms with Gasteiger partial charge in [-0.15, -0.1) is 6.42 Å². The lowest BCUT2D eigenvalue weighted by atomic mass is 10.1. The van der Waals surface area contributed by atoms with Gasteiger partial charge in [-0.1, -0.05) is 19.8 Å². The summed E-state index contributed by atoms with van der Waals surface area (Å²) in [4.78, 5) is 0. The molecule has 0 bridgehead atoms. The molecule has 0 aromatic rings. The Labute approximate surface area is 75.7 Å². The maximum absolute atomic E-state index is 5.52. The molecule has 2 nitrogen and oxygen atoms in total. The van der Waals surface area contributed by atoms with Crippen LogP contribution in [-0.2, 0) is 4.74 Å². The summed E-state index contributed by atoms with van der Waals surface area (Å²) in [6, 6.07) is 0. The van der Waals surface area contributed by atoms with Crippen LogP contribution in [0.3, 0.4) is 0 Å². The molecule has 70 valence electrons. The average Bonchev–Trinajstić information content (AvgIpc) is 2.03. The molecular weight excluding hydrogens is 150 g/mol. The number of terminal acetylenes is 1. The minimum atomic E-state index is 0.331. The Kier molecular flexibility index (Phi) is 6.84. The highest BCUT2D eigenvalue weighted by atomic mass is 16.5. The second-order valence-electron chi connectivity index (χ2n) is 3.20. The van der Waals surface area contributed by atoms with E-state index in [0.717, 1.165) is 13.2 Å². The fraction of sp³-hybridized carbons (Fsp3) is 0.800. The second-order valence-corrected chi connectivity index (χ2v) is 3.20. The Hall–Kier alpha value is -0.520. The summed E-state index contributed by atoms with van der Waals surface area (Å²) in [7, 11) is 0. The molecule has 0 aromatic carbocycles. The summed E-state index contributed by atoms with van der Waals surface area (Å²) in [6.07, 6.45) is 5.40. The Bertz CT molecular complexity index is 137. The van der Waals surface area contributed by atoms with Crippen molar-refractivity contribution in [2.75, 3.05) is 19.7 Å². The van der Waals surface area contributed by atoms with Gasteiger partial charge in [0.1, 0.15) is 0 Å². The van der Waals surface area contributed by atoms with Gasteiger partial charge in [-0.3, -0.25) is 0 Å². The van der Waals surface area contributed by atoms with Crippen LogP contribution < -0.4 is 5.32 Å². The molecule has 12 heavy (non-hydrogen) atoms. The summed E-state index contributed by atoms with van der Waals surface area (Å²) in [6.45, 7) is 8.59. The maximum Gasteiger partial charge on any atom is 0.0595 e. The molecule has 1 unspecified atom stereocenters. The molecule has 0 saturated heterocycles. The molecule has 0 heterocycles. The van der Waals surface area contributed by atoms with E-state index in [1.54, 1.807) is 0 Å². The lowest BCUT2D eigenvalue weighted by Gasteiger charge is -2.16. The minimum absolute atomic E-state index is 0.331. The summed E-state index contributed by atoms with van der Waals surface area (Å²) >= 11 is 0. The first kappa shape index (κ1) is 11.5. The maximum atomic E-state index is 5.52.